The molecule has 5 rings (SSSR count). The zero-order valence-corrected chi connectivity index (χ0v) is 22.3. The van der Waals surface area contributed by atoms with Crippen LogP contribution < -0.4 is 11.2 Å². The van der Waals surface area contributed by atoms with Gasteiger partial charge >= 0.3 is 5.69 Å². The largest absolute Gasteiger partial charge is 0.371 e. The Morgan fingerprint density at radius 1 is 1.19 bits per heavy atom. The van der Waals surface area contributed by atoms with Crippen molar-refractivity contribution in [3.63, 3.8) is 0 Å². The first-order chi connectivity index (χ1) is 17.6. The molecule has 192 valence electrons. The van der Waals surface area contributed by atoms with E-state index >= 15 is 0 Å². The molecule has 0 radical (unpaired) electrons. The summed E-state index contributed by atoms with van der Waals surface area (Å²) in [6, 6.07) is 7.15. The summed E-state index contributed by atoms with van der Waals surface area (Å²) in [6.07, 6.45) is 4.01. The summed E-state index contributed by atoms with van der Waals surface area (Å²) >= 11 is 6.30. The predicted octanol–water partition coefficient (Wildman–Crippen LogP) is 3.65. The summed E-state index contributed by atoms with van der Waals surface area (Å²) < 4.78 is 4.53. The fraction of sp³-hybridized carbons (Fsp3) is 0.370. The van der Waals surface area contributed by atoms with Crippen LogP contribution in [0.2, 0.25) is 5.02 Å². The average molecular weight is 521 g/mol. The molecule has 0 amide bonds. The van der Waals surface area contributed by atoms with E-state index in [4.69, 9.17) is 16.7 Å². The van der Waals surface area contributed by atoms with Gasteiger partial charge in [0.15, 0.2) is 11.4 Å². The van der Waals surface area contributed by atoms with Gasteiger partial charge in [-0.25, -0.2) is 4.79 Å². The molecular weight excluding hydrogens is 492 g/mol. The highest BCUT2D eigenvalue weighted by atomic mass is 35.5. The van der Waals surface area contributed by atoms with Gasteiger partial charge in [-0.2, -0.15) is 5.10 Å². The van der Waals surface area contributed by atoms with Crippen molar-refractivity contribution in [3.05, 3.63) is 79.4 Å². The van der Waals surface area contributed by atoms with Crippen LogP contribution in [0, 0.1) is 5.92 Å². The lowest BCUT2D eigenvalue weighted by molar-refractivity contribution is -0.113. The summed E-state index contributed by atoms with van der Waals surface area (Å²) in [5.41, 5.74) is 2.65. The van der Waals surface area contributed by atoms with Crippen molar-refractivity contribution in [2.24, 2.45) is 13.0 Å². The van der Waals surface area contributed by atoms with Gasteiger partial charge in [0.1, 0.15) is 5.39 Å². The number of rotatable bonds is 6. The van der Waals surface area contributed by atoms with Crippen LogP contribution in [0.1, 0.15) is 44.5 Å². The van der Waals surface area contributed by atoms with Crippen LogP contribution in [0.15, 0.2) is 51.8 Å². The Hall–Kier alpha value is -3.72. The molecule has 1 aliphatic heterocycles. The lowest BCUT2D eigenvalue weighted by atomic mass is 10.0. The third-order valence-electron chi connectivity index (χ3n) is 6.96. The molecule has 1 aliphatic rings. The Morgan fingerprint density at radius 3 is 2.62 bits per heavy atom. The summed E-state index contributed by atoms with van der Waals surface area (Å²) in [5, 5.41) is 6.76. The minimum atomic E-state index is -0.397. The second-order valence-electron chi connectivity index (χ2n) is 10.1. The van der Waals surface area contributed by atoms with Crippen LogP contribution in [0.5, 0.6) is 0 Å². The summed E-state index contributed by atoms with van der Waals surface area (Å²) in [7, 11) is 3.39. The summed E-state index contributed by atoms with van der Waals surface area (Å²) in [4.78, 5) is 45.3. The van der Waals surface area contributed by atoms with Crippen LogP contribution in [-0.2, 0) is 24.9 Å². The molecule has 1 aromatic carbocycles. The zero-order valence-electron chi connectivity index (χ0n) is 21.5. The van der Waals surface area contributed by atoms with E-state index in [0.717, 1.165) is 21.0 Å². The molecule has 4 aromatic rings. The topological polar surface area (TPSA) is 95.0 Å². The predicted molar refractivity (Wildman–Crippen MR) is 144 cm³/mol. The Morgan fingerprint density at radius 2 is 1.95 bits per heavy atom. The maximum absolute atomic E-state index is 13.6. The Kier molecular flexibility index (Phi) is 6.27. The van der Waals surface area contributed by atoms with E-state index in [2.05, 4.69) is 4.98 Å². The number of benzene rings is 1. The van der Waals surface area contributed by atoms with Crippen LogP contribution in [0.4, 0.5) is 0 Å². The zero-order chi connectivity index (χ0) is 26.6. The van der Waals surface area contributed by atoms with Crippen LogP contribution in [0.3, 0.4) is 0 Å². The highest BCUT2D eigenvalue weighted by Crippen LogP contribution is 2.37. The molecule has 0 fully saturated rings. The maximum Gasteiger partial charge on any atom is 0.332 e. The van der Waals surface area contributed by atoms with Gasteiger partial charge < -0.3 is 4.90 Å². The SMILES string of the molecule is CC(=O)C1=CN(C)C(c2c3c(=O)n(C)c(=O)n(CC(C)C)c3nn2Cc2ccnc3ccc(Cl)cc23)C1. The van der Waals surface area contributed by atoms with Crippen molar-refractivity contribution < 1.29 is 4.79 Å². The van der Waals surface area contributed by atoms with Gasteiger partial charge in [-0.15, -0.1) is 0 Å². The van der Waals surface area contributed by atoms with Crippen LogP contribution in [-0.4, -0.2) is 41.6 Å². The van der Waals surface area contributed by atoms with Crippen molar-refractivity contribution >= 4 is 39.3 Å². The van der Waals surface area contributed by atoms with E-state index in [1.54, 1.807) is 28.4 Å². The third-order valence-corrected chi connectivity index (χ3v) is 7.19. The number of aromatic nitrogens is 5. The minimum Gasteiger partial charge on any atom is -0.371 e. The number of ketones is 1. The fourth-order valence-corrected chi connectivity index (χ4v) is 5.28. The van der Waals surface area contributed by atoms with E-state index in [9.17, 15) is 14.4 Å². The molecule has 1 atom stereocenters. The van der Waals surface area contributed by atoms with Gasteiger partial charge in [0.2, 0.25) is 0 Å². The molecule has 37 heavy (non-hydrogen) atoms. The normalized spacial score (nSPS) is 15.8. The van der Waals surface area contributed by atoms with E-state index in [0.29, 0.717) is 46.8 Å². The molecule has 0 saturated heterocycles. The Labute approximate surface area is 218 Å². The standard InChI is InChI=1S/C27H29ClN6O3/c1-15(2)12-33-25-23(26(36)32(5)27(33)37)24(22-10-18(16(3)35)13-31(22)4)34(30-25)14-17-8-9-29-21-7-6-19(28)11-20(17)21/h6-9,11,13,15,22H,10,12,14H2,1-5H3. The van der Waals surface area contributed by atoms with Gasteiger partial charge in [0.25, 0.3) is 5.56 Å². The molecule has 3 aromatic heterocycles. The quantitative estimate of drug-likeness (QED) is 0.385. The molecular formula is C27H29ClN6O3. The van der Waals surface area contributed by atoms with E-state index in [1.807, 2.05) is 50.2 Å². The van der Waals surface area contributed by atoms with Gasteiger partial charge in [-0.05, 0) is 42.7 Å². The van der Waals surface area contributed by atoms with Crippen molar-refractivity contribution in [2.75, 3.05) is 7.05 Å². The first-order valence-electron chi connectivity index (χ1n) is 12.2. The first kappa shape index (κ1) is 25.0. The van der Waals surface area contributed by atoms with Crippen LogP contribution >= 0.6 is 11.6 Å². The first-order valence-corrected chi connectivity index (χ1v) is 12.6. The highest BCUT2D eigenvalue weighted by Gasteiger charge is 2.33. The molecule has 0 N–H and O–H groups in total. The number of carbonyl (C=O) groups excluding carboxylic acids is 1. The second kappa shape index (κ2) is 9.30. The number of fused-ring (bicyclic) bond motifs is 2. The number of nitrogens with zero attached hydrogens (tertiary/aromatic N) is 6. The monoisotopic (exact) mass is 520 g/mol. The minimum absolute atomic E-state index is 0.0101. The number of pyridine rings is 1. The van der Waals surface area contributed by atoms with Gasteiger partial charge in [0.05, 0.1) is 23.8 Å². The molecule has 0 bridgehead atoms. The molecule has 1 unspecified atom stereocenters. The maximum atomic E-state index is 13.6. The number of hydrogen-bond donors (Lipinski definition) is 0. The molecule has 0 spiro atoms. The van der Waals surface area contributed by atoms with E-state index < -0.39 is 11.2 Å². The average Bonchev–Trinajstić information content (AvgIpc) is 3.41. The molecule has 4 heterocycles. The third kappa shape index (κ3) is 4.27. The van der Waals surface area contributed by atoms with E-state index in [1.165, 1.54) is 7.05 Å². The van der Waals surface area contributed by atoms with Gasteiger partial charge in [-0.1, -0.05) is 25.4 Å². The number of hydrogen-bond acceptors (Lipinski definition) is 6. The number of halogens is 1. The van der Waals surface area contributed by atoms with Crippen molar-refractivity contribution in [2.45, 2.75) is 46.3 Å². The smallest absolute Gasteiger partial charge is 0.332 e. The highest BCUT2D eigenvalue weighted by molar-refractivity contribution is 6.31. The lowest BCUT2D eigenvalue weighted by Crippen LogP contribution is -2.39. The van der Waals surface area contributed by atoms with Crippen molar-refractivity contribution in [1.29, 1.82) is 0 Å². The Bertz CT molecular complexity index is 1710. The van der Waals surface area contributed by atoms with E-state index in [-0.39, 0.29) is 17.7 Å². The summed E-state index contributed by atoms with van der Waals surface area (Å²) in [5.74, 6) is 0.155. The molecule has 10 heteroatoms. The molecule has 0 aliphatic carbocycles. The fourth-order valence-electron chi connectivity index (χ4n) is 5.11. The van der Waals surface area contributed by atoms with Crippen molar-refractivity contribution in [1.82, 2.24) is 28.8 Å². The number of carbonyl (C=O) groups is 1. The van der Waals surface area contributed by atoms with Crippen molar-refractivity contribution in [3.8, 4) is 0 Å². The van der Waals surface area contributed by atoms with Gasteiger partial charge in [0, 0.05) is 55.4 Å². The number of Topliss-reactive ketones (excluding diaryl/α,β-unsaturated/α-hetero) is 1. The molecule has 0 saturated carbocycles. The van der Waals surface area contributed by atoms with Gasteiger partial charge in [-0.3, -0.25) is 28.4 Å². The van der Waals surface area contributed by atoms with Crippen LogP contribution in [0.25, 0.3) is 21.9 Å². The molecule has 9 nitrogen and oxygen atoms in total. The Balaban J connectivity index is 1.79. The summed E-state index contributed by atoms with van der Waals surface area (Å²) in [6.45, 7) is 6.33. The second-order valence-corrected chi connectivity index (χ2v) is 10.6. The lowest BCUT2D eigenvalue weighted by Gasteiger charge is -2.22.